The van der Waals surface area contributed by atoms with Crippen molar-refractivity contribution in [3.05, 3.63) is 54.1 Å². The second-order valence-electron chi connectivity index (χ2n) is 8.55. The van der Waals surface area contributed by atoms with Gasteiger partial charge in [0.05, 0.1) is 4.90 Å². The van der Waals surface area contributed by atoms with Gasteiger partial charge in [-0.05, 0) is 50.6 Å². The molecular weight excluding hydrogens is 422 g/mol. The summed E-state index contributed by atoms with van der Waals surface area (Å²) in [6, 6.07) is 12.8. The van der Waals surface area contributed by atoms with E-state index in [1.165, 1.54) is 12.1 Å². The predicted octanol–water partition coefficient (Wildman–Crippen LogP) is 2.82. The Balaban J connectivity index is 1.76. The molecule has 1 heterocycles. The number of alkyl carbamates (subject to hydrolysis) is 1. The van der Waals surface area contributed by atoms with Crippen LogP contribution in [-0.2, 0) is 19.4 Å². The van der Waals surface area contributed by atoms with Crippen molar-refractivity contribution in [2.45, 2.75) is 48.0 Å². The van der Waals surface area contributed by atoms with Gasteiger partial charge in [0.1, 0.15) is 22.7 Å². The third-order valence-corrected chi connectivity index (χ3v) is 7.51. The van der Waals surface area contributed by atoms with E-state index >= 15 is 0 Å². The minimum absolute atomic E-state index is 0.0597. The fourth-order valence-corrected chi connectivity index (χ4v) is 6.19. The molecule has 0 bridgehead atoms. The van der Waals surface area contributed by atoms with Crippen LogP contribution in [0.15, 0.2) is 53.4 Å². The maximum absolute atomic E-state index is 13.4. The van der Waals surface area contributed by atoms with Crippen molar-refractivity contribution in [3.63, 3.8) is 0 Å². The van der Waals surface area contributed by atoms with Gasteiger partial charge >= 0.3 is 6.09 Å². The highest BCUT2D eigenvalue weighted by Crippen LogP contribution is 2.57. The van der Waals surface area contributed by atoms with E-state index in [1.807, 2.05) is 0 Å². The fourth-order valence-electron chi connectivity index (χ4n) is 3.92. The molecule has 9 heteroatoms. The van der Waals surface area contributed by atoms with E-state index in [0.717, 1.165) is 0 Å². The molecule has 1 saturated carbocycles. The molecule has 0 saturated heterocycles. The molecule has 0 spiro atoms. The number of rotatable bonds is 5. The Morgan fingerprint density at radius 3 is 2.45 bits per heavy atom. The Hall–Kier alpha value is -3.07. The van der Waals surface area contributed by atoms with Crippen LogP contribution in [0.4, 0.5) is 4.79 Å². The molecule has 1 fully saturated rings. The minimum atomic E-state index is -3.96. The summed E-state index contributed by atoms with van der Waals surface area (Å²) in [5.74, 6) is 0.165. The van der Waals surface area contributed by atoms with Gasteiger partial charge in [-0.3, -0.25) is 0 Å². The average molecular weight is 445 g/mol. The third kappa shape index (κ3) is 3.74. The quantitative estimate of drug-likeness (QED) is 0.705. The van der Waals surface area contributed by atoms with E-state index in [2.05, 4.69) is 5.32 Å². The maximum Gasteiger partial charge on any atom is 0.408 e. The monoisotopic (exact) mass is 445 g/mol. The molecular formula is C22H23NO7S. The molecule has 1 N–H and O–H groups in total. The zero-order valence-electron chi connectivity index (χ0n) is 17.3. The first kappa shape index (κ1) is 21.2. The van der Waals surface area contributed by atoms with Crippen molar-refractivity contribution < 1.29 is 32.2 Å². The van der Waals surface area contributed by atoms with Gasteiger partial charge in [-0.2, -0.15) is 0 Å². The highest BCUT2D eigenvalue weighted by Gasteiger charge is 2.73. The van der Waals surface area contributed by atoms with E-state index in [9.17, 15) is 18.0 Å². The second-order valence-corrected chi connectivity index (χ2v) is 10.6. The van der Waals surface area contributed by atoms with E-state index < -0.39 is 38.2 Å². The maximum atomic E-state index is 13.4. The first-order chi connectivity index (χ1) is 14.6. The number of hydrogen-bond donors (Lipinski definition) is 1. The summed E-state index contributed by atoms with van der Waals surface area (Å²) in [4.78, 5) is 24.9. The Bertz CT molecular complexity index is 1120. The molecule has 0 unspecified atom stereocenters. The van der Waals surface area contributed by atoms with Crippen LogP contribution in [0, 0.1) is 0 Å². The molecule has 0 radical (unpaired) electrons. The van der Waals surface area contributed by atoms with Gasteiger partial charge in [-0.15, -0.1) is 0 Å². The molecule has 1 aliphatic carbocycles. The summed E-state index contributed by atoms with van der Waals surface area (Å²) in [7, 11) is -3.96. The molecule has 4 rings (SSSR count). The Morgan fingerprint density at radius 1 is 1.13 bits per heavy atom. The van der Waals surface area contributed by atoms with Crippen molar-refractivity contribution in [2.75, 3.05) is 6.79 Å². The van der Waals surface area contributed by atoms with Gasteiger partial charge in [-0.1, -0.05) is 24.3 Å². The van der Waals surface area contributed by atoms with Crippen molar-refractivity contribution in [2.24, 2.45) is 0 Å². The largest absolute Gasteiger partial charge is 0.454 e. The molecule has 1 amide bonds. The molecule has 8 nitrogen and oxygen atoms in total. The van der Waals surface area contributed by atoms with Gasteiger partial charge in [0.15, 0.2) is 21.3 Å². The lowest BCUT2D eigenvalue weighted by Crippen LogP contribution is -2.45. The number of fused-ring (bicyclic) bond motifs is 1. The highest BCUT2D eigenvalue weighted by molar-refractivity contribution is 7.92. The highest BCUT2D eigenvalue weighted by atomic mass is 32.2. The SMILES string of the molecule is CC(C)(C)OC(=O)N[C@]1(C=O)[C@H](c2ccc3c(c2)OCO3)[C@@H]1S(=O)(=O)c1ccccc1. The lowest BCUT2D eigenvalue weighted by molar-refractivity contribution is -0.110. The zero-order valence-corrected chi connectivity index (χ0v) is 18.1. The van der Waals surface area contributed by atoms with E-state index in [-0.39, 0.29) is 11.7 Å². The summed E-state index contributed by atoms with van der Waals surface area (Å²) in [6.07, 6.45) is -0.381. The van der Waals surface area contributed by atoms with Crippen LogP contribution in [0.3, 0.4) is 0 Å². The zero-order chi connectivity index (χ0) is 22.4. The van der Waals surface area contributed by atoms with Crippen LogP contribution in [0.2, 0.25) is 0 Å². The van der Waals surface area contributed by atoms with Crippen LogP contribution in [0.1, 0.15) is 32.3 Å². The molecule has 1 aliphatic heterocycles. The molecule has 2 aliphatic rings. The van der Waals surface area contributed by atoms with Crippen LogP contribution in [0.25, 0.3) is 0 Å². The molecule has 2 aromatic rings. The number of aldehydes is 1. The van der Waals surface area contributed by atoms with Crippen LogP contribution in [-0.4, -0.2) is 44.0 Å². The normalized spacial score (nSPS) is 24.4. The summed E-state index contributed by atoms with van der Waals surface area (Å²) in [6.45, 7) is 5.10. The van der Waals surface area contributed by atoms with Crippen LogP contribution >= 0.6 is 0 Å². The standard InChI is InChI=1S/C22H23NO7S/c1-21(2,3)30-20(25)23-22(12-24)18(14-9-10-16-17(11-14)29-13-28-16)19(22)31(26,27)15-7-5-4-6-8-15/h4-12,18-19H,13H2,1-3H3,(H,23,25)/t18-,19+,22-/m1/s1. The van der Waals surface area contributed by atoms with Gasteiger partial charge < -0.3 is 24.3 Å². The van der Waals surface area contributed by atoms with Crippen molar-refractivity contribution >= 4 is 22.2 Å². The van der Waals surface area contributed by atoms with Crippen LogP contribution < -0.4 is 14.8 Å². The number of benzene rings is 2. The molecule has 3 atom stereocenters. The summed E-state index contributed by atoms with van der Waals surface area (Å²) in [5, 5.41) is 1.33. The van der Waals surface area contributed by atoms with Gasteiger partial charge in [-0.25, -0.2) is 13.2 Å². The lowest BCUT2D eigenvalue weighted by atomic mass is 10.1. The number of amides is 1. The number of carbonyl (C=O) groups is 2. The average Bonchev–Trinajstić information content (AvgIpc) is 3.13. The third-order valence-electron chi connectivity index (χ3n) is 5.25. The number of carbonyl (C=O) groups excluding carboxylic acids is 2. The predicted molar refractivity (Wildman–Crippen MR) is 111 cm³/mol. The Labute approximate surface area is 180 Å². The number of hydrogen-bond acceptors (Lipinski definition) is 7. The molecule has 164 valence electrons. The topological polar surface area (TPSA) is 108 Å². The van der Waals surface area contributed by atoms with Crippen molar-refractivity contribution in [1.29, 1.82) is 0 Å². The fraction of sp³-hybridized carbons (Fsp3) is 0.364. The van der Waals surface area contributed by atoms with E-state index in [4.69, 9.17) is 14.2 Å². The summed E-state index contributed by atoms with van der Waals surface area (Å²) >= 11 is 0. The summed E-state index contributed by atoms with van der Waals surface area (Å²) < 4.78 is 42.9. The van der Waals surface area contributed by atoms with Gasteiger partial charge in [0, 0.05) is 5.92 Å². The van der Waals surface area contributed by atoms with E-state index in [0.29, 0.717) is 23.3 Å². The molecule has 31 heavy (non-hydrogen) atoms. The van der Waals surface area contributed by atoms with Crippen molar-refractivity contribution in [1.82, 2.24) is 5.32 Å². The first-order valence-corrected chi connectivity index (χ1v) is 11.3. The number of nitrogens with one attached hydrogen (secondary N) is 1. The minimum Gasteiger partial charge on any atom is -0.454 e. The smallest absolute Gasteiger partial charge is 0.408 e. The summed E-state index contributed by atoms with van der Waals surface area (Å²) in [5.41, 5.74) is -1.95. The van der Waals surface area contributed by atoms with Gasteiger partial charge in [0.25, 0.3) is 0 Å². The number of ether oxygens (including phenoxy) is 3. The Morgan fingerprint density at radius 2 is 1.81 bits per heavy atom. The first-order valence-electron chi connectivity index (χ1n) is 9.74. The number of sulfone groups is 1. The second kappa shape index (κ2) is 7.26. The molecule has 2 aromatic carbocycles. The van der Waals surface area contributed by atoms with Crippen LogP contribution in [0.5, 0.6) is 11.5 Å². The van der Waals surface area contributed by atoms with E-state index in [1.54, 1.807) is 57.2 Å². The van der Waals surface area contributed by atoms with Crippen molar-refractivity contribution in [3.8, 4) is 11.5 Å². The Kier molecular flexibility index (Phi) is 4.96. The lowest BCUT2D eigenvalue weighted by Gasteiger charge is -2.22. The molecule has 0 aromatic heterocycles. The van der Waals surface area contributed by atoms with Gasteiger partial charge in [0.2, 0.25) is 6.79 Å².